The normalized spacial score (nSPS) is 20.6. The maximum Gasteiger partial charge on any atom is 0.235 e. The van der Waals surface area contributed by atoms with Gasteiger partial charge >= 0.3 is 0 Å². The third-order valence-corrected chi connectivity index (χ3v) is 3.33. The van der Waals surface area contributed by atoms with Gasteiger partial charge in [0, 0.05) is 13.2 Å². The van der Waals surface area contributed by atoms with Gasteiger partial charge in [0.25, 0.3) is 0 Å². The van der Waals surface area contributed by atoms with Gasteiger partial charge in [0.15, 0.2) is 5.84 Å². The monoisotopic (exact) mass is 277 g/mol. The minimum Gasteiger partial charge on any atom is -0.409 e. The number of carbonyl (C=O) groups is 1. The standard InChI is InChI=1S/C14H19N3O3/c15-13(17-19)12(10-5-2-1-3-6-10)14(18)16-9-11-7-4-8-20-11/h1-3,5-6,11-12,19H,4,7-9H2,(H2,15,17)(H,16,18). The van der Waals surface area contributed by atoms with Gasteiger partial charge in [0.05, 0.1) is 6.10 Å². The lowest BCUT2D eigenvalue weighted by atomic mass is 9.97. The van der Waals surface area contributed by atoms with E-state index in [1.807, 2.05) is 6.07 Å². The Bertz CT molecular complexity index is 470. The lowest BCUT2D eigenvalue weighted by Gasteiger charge is -2.17. The second-order valence-corrected chi connectivity index (χ2v) is 4.75. The molecule has 4 N–H and O–H groups in total. The Labute approximate surface area is 117 Å². The van der Waals surface area contributed by atoms with Gasteiger partial charge in [-0.2, -0.15) is 0 Å². The van der Waals surface area contributed by atoms with Crippen molar-refractivity contribution in [3.63, 3.8) is 0 Å². The molecule has 1 saturated heterocycles. The van der Waals surface area contributed by atoms with Gasteiger partial charge < -0.3 is 21.0 Å². The average Bonchev–Trinajstić information content (AvgIpc) is 2.99. The Hall–Kier alpha value is -2.08. The van der Waals surface area contributed by atoms with E-state index in [4.69, 9.17) is 15.7 Å². The Morgan fingerprint density at radius 3 is 2.85 bits per heavy atom. The van der Waals surface area contributed by atoms with Gasteiger partial charge in [-0.05, 0) is 18.4 Å². The van der Waals surface area contributed by atoms with Gasteiger partial charge in [0.1, 0.15) is 5.92 Å². The number of amidine groups is 1. The van der Waals surface area contributed by atoms with Crippen LogP contribution in [-0.4, -0.2) is 36.2 Å². The van der Waals surface area contributed by atoms with E-state index in [1.54, 1.807) is 24.3 Å². The highest BCUT2D eigenvalue weighted by atomic mass is 16.5. The minimum atomic E-state index is -0.789. The molecule has 1 fully saturated rings. The number of nitrogens with one attached hydrogen (secondary N) is 1. The Morgan fingerprint density at radius 1 is 1.50 bits per heavy atom. The van der Waals surface area contributed by atoms with Crippen molar-refractivity contribution in [1.82, 2.24) is 5.32 Å². The first-order valence-corrected chi connectivity index (χ1v) is 6.64. The molecule has 0 saturated carbocycles. The molecule has 1 aliphatic rings. The lowest BCUT2D eigenvalue weighted by molar-refractivity contribution is -0.121. The summed E-state index contributed by atoms with van der Waals surface area (Å²) in [6, 6.07) is 9.00. The van der Waals surface area contributed by atoms with E-state index in [9.17, 15) is 4.79 Å². The van der Waals surface area contributed by atoms with Crippen LogP contribution in [0, 0.1) is 0 Å². The summed E-state index contributed by atoms with van der Waals surface area (Å²) in [5.74, 6) is -1.20. The van der Waals surface area contributed by atoms with Crippen molar-refractivity contribution in [1.29, 1.82) is 0 Å². The molecule has 1 heterocycles. The summed E-state index contributed by atoms with van der Waals surface area (Å²) >= 11 is 0. The lowest BCUT2D eigenvalue weighted by Crippen LogP contribution is -2.40. The van der Waals surface area contributed by atoms with Crippen molar-refractivity contribution >= 4 is 11.7 Å². The fraction of sp³-hybridized carbons (Fsp3) is 0.429. The number of hydrogen-bond donors (Lipinski definition) is 3. The molecule has 1 aromatic rings. The van der Waals surface area contributed by atoms with Crippen molar-refractivity contribution < 1.29 is 14.7 Å². The third-order valence-electron chi connectivity index (χ3n) is 3.33. The summed E-state index contributed by atoms with van der Waals surface area (Å²) in [5.41, 5.74) is 6.33. The molecule has 0 spiro atoms. The molecule has 6 nitrogen and oxygen atoms in total. The van der Waals surface area contributed by atoms with Crippen LogP contribution >= 0.6 is 0 Å². The summed E-state index contributed by atoms with van der Waals surface area (Å²) < 4.78 is 5.45. The van der Waals surface area contributed by atoms with Crippen LogP contribution in [0.25, 0.3) is 0 Å². The van der Waals surface area contributed by atoms with Crippen molar-refractivity contribution in [2.45, 2.75) is 24.9 Å². The van der Waals surface area contributed by atoms with E-state index in [1.165, 1.54) is 0 Å². The number of amides is 1. The molecule has 2 rings (SSSR count). The molecule has 108 valence electrons. The van der Waals surface area contributed by atoms with Gasteiger partial charge in [-0.1, -0.05) is 35.5 Å². The predicted molar refractivity (Wildman–Crippen MR) is 74.6 cm³/mol. The van der Waals surface area contributed by atoms with Crippen molar-refractivity contribution in [3.05, 3.63) is 35.9 Å². The maximum absolute atomic E-state index is 12.3. The van der Waals surface area contributed by atoms with Crippen LogP contribution in [0.1, 0.15) is 24.3 Å². The molecule has 1 aliphatic heterocycles. The number of nitrogens with two attached hydrogens (primary N) is 1. The van der Waals surface area contributed by atoms with Crippen molar-refractivity contribution in [2.24, 2.45) is 10.9 Å². The molecule has 0 aliphatic carbocycles. The SMILES string of the molecule is NC(=NO)C(C(=O)NCC1CCCO1)c1ccccc1. The topological polar surface area (TPSA) is 96.9 Å². The van der Waals surface area contributed by atoms with Gasteiger partial charge in [-0.25, -0.2) is 0 Å². The van der Waals surface area contributed by atoms with Crippen LogP contribution in [0.2, 0.25) is 0 Å². The molecular formula is C14H19N3O3. The first-order valence-electron chi connectivity index (χ1n) is 6.64. The van der Waals surface area contributed by atoms with Crippen LogP contribution in [-0.2, 0) is 9.53 Å². The molecule has 20 heavy (non-hydrogen) atoms. The summed E-state index contributed by atoms with van der Waals surface area (Å²) in [6.45, 7) is 1.18. The van der Waals surface area contributed by atoms with Crippen molar-refractivity contribution in [2.75, 3.05) is 13.2 Å². The van der Waals surface area contributed by atoms with Crippen LogP contribution in [0.3, 0.4) is 0 Å². The first-order chi connectivity index (χ1) is 9.72. The number of nitrogens with zero attached hydrogens (tertiary/aromatic N) is 1. The van der Waals surface area contributed by atoms with Crippen molar-refractivity contribution in [3.8, 4) is 0 Å². The number of ether oxygens (including phenoxy) is 1. The number of carbonyl (C=O) groups excluding carboxylic acids is 1. The van der Waals surface area contributed by atoms with E-state index >= 15 is 0 Å². The first kappa shape index (κ1) is 14.3. The highest BCUT2D eigenvalue weighted by molar-refractivity contribution is 6.07. The number of hydrogen-bond acceptors (Lipinski definition) is 4. The summed E-state index contributed by atoms with van der Waals surface area (Å²) in [6.07, 6.45) is 2.02. The minimum absolute atomic E-state index is 0.0580. The number of rotatable bonds is 5. The number of benzene rings is 1. The van der Waals surface area contributed by atoms with E-state index in [2.05, 4.69) is 10.5 Å². The quantitative estimate of drug-likeness (QED) is 0.321. The molecule has 1 aromatic carbocycles. The Kier molecular flexibility index (Phi) is 4.95. The Balaban J connectivity index is 2.04. The smallest absolute Gasteiger partial charge is 0.235 e. The molecule has 0 aromatic heterocycles. The molecule has 0 radical (unpaired) electrons. The van der Waals surface area contributed by atoms with E-state index in [-0.39, 0.29) is 17.8 Å². The summed E-state index contributed by atoms with van der Waals surface area (Å²) in [5, 5.41) is 14.6. The fourth-order valence-corrected chi connectivity index (χ4v) is 2.28. The van der Waals surface area contributed by atoms with Gasteiger partial charge in [-0.3, -0.25) is 4.79 Å². The van der Waals surface area contributed by atoms with E-state index in [0.717, 1.165) is 19.4 Å². The Morgan fingerprint density at radius 2 is 2.25 bits per heavy atom. The highest BCUT2D eigenvalue weighted by Crippen LogP contribution is 2.17. The zero-order valence-electron chi connectivity index (χ0n) is 11.2. The molecular weight excluding hydrogens is 258 g/mol. The zero-order chi connectivity index (χ0) is 14.4. The zero-order valence-corrected chi connectivity index (χ0v) is 11.2. The highest BCUT2D eigenvalue weighted by Gasteiger charge is 2.26. The molecule has 2 unspecified atom stereocenters. The van der Waals surface area contributed by atoms with Crippen LogP contribution in [0.5, 0.6) is 0 Å². The van der Waals surface area contributed by atoms with Gasteiger partial charge in [-0.15, -0.1) is 0 Å². The maximum atomic E-state index is 12.3. The second kappa shape index (κ2) is 6.91. The largest absolute Gasteiger partial charge is 0.409 e. The molecule has 1 amide bonds. The number of oxime groups is 1. The van der Waals surface area contributed by atoms with E-state index < -0.39 is 5.92 Å². The predicted octanol–water partition coefficient (Wildman–Crippen LogP) is 0.812. The second-order valence-electron chi connectivity index (χ2n) is 4.75. The molecule has 0 bridgehead atoms. The third kappa shape index (κ3) is 3.48. The van der Waals surface area contributed by atoms with Crippen LogP contribution < -0.4 is 11.1 Å². The van der Waals surface area contributed by atoms with E-state index in [0.29, 0.717) is 12.1 Å². The molecule has 2 atom stereocenters. The summed E-state index contributed by atoms with van der Waals surface area (Å²) in [4.78, 5) is 12.3. The van der Waals surface area contributed by atoms with Gasteiger partial charge in [0.2, 0.25) is 5.91 Å². The summed E-state index contributed by atoms with van der Waals surface area (Å²) in [7, 11) is 0. The van der Waals surface area contributed by atoms with Crippen LogP contribution in [0.4, 0.5) is 0 Å². The fourth-order valence-electron chi connectivity index (χ4n) is 2.28. The molecule has 6 heteroatoms. The van der Waals surface area contributed by atoms with Crippen LogP contribution in [0.15, 0.2) is 35.5 Å². The average molecular weight is 277 g/mol.